The first kappa shape index (κ1) is 19.3. The number of hydrogen-bond donors (Lipinski definition) is 0. The number of benzene rings is 2. The number of carbonyl (C=O) groups is 1. The number of aromatic nitrogens is 2. The van der Waals surface area contributed by atoms with Crippen molar-refractivity contribution in [1.82, 2.24) is 9.97 Å². The predicted octanol–water partition coefficient (Wildman–Crippen LogP) is 5.39. The van der Waals surface area contributed by atoms with Crippen molar-refractivity contribution in [2.45, 2.75) is 33.7 Å². The van der Waals surface area contributed by atoms with E-state index >= 15 is 0 Å². The molecule has 0 saturated carbocycles. The summed E-state index contributed by atoms with van der Waals surface area (Å²) in [4.78, 5) is 24.1. The Morgan fingerprint density at radius 3 is 2.52 bits per heavy atom. The molecule has 4 aromatic rings. The number of thiazole rings is 1. The van der Waals surface area contributed by atoms with Crippen molar-refractivity contribution in [2.24, 2.45) is 0 Å². The maximum atomic E-state index is 13.4. The minimum absolute atomic E-state index is 0.0467. The number of aryl methyl sites for hydroxylation is 3. The van der Waals surface area contributed by atoms with Crippen LogP contribution in [0.5, 0.6) is 0 Å². The smallest absolute Gasteiger partial charge is 0.233 e. The SMILES string of the molecule is Cc1ccc(CC(=O)N(Cc2ccncc2)c2nc3c(C)cccc3s2)c(C)c1. The summed E-state index contributed by atoms with van der Waals surface area (Å²) in [5.41, 5.74) is 6.51. The van der Waals surface area contributed by atoms with Gasteiger partial charge in [-0.2, -0.15) is 0 Å². The van der Waals surface area contributed by atoms with Crippen molar-refractivity contribution in [3.63, 3.8) is 0 Å². The molecule has 0 bridgehead atoms. The summed E-state index contributed by atoms with van der Waals surface area (Å²) < 4.78 is 1.10. The van der Waals surface area contributed by atoms with E-state index in [0.29, 0.717) is 13.0 Å². The van der Waals surface area contributed by atoms with E-state index in [1.807, 2.05) is 18.2 Å². The second kappa shape index (κ2) is 8.13. The zero-order valence-corrected chi connectivity index (χ0v) is 17.7. The molecule has 4 nitrogen and oxygen atoms in total. The summed E-state index contributed by atoms with van der Waals surface area (Å²) in [6.45, 7) is 6.66. The molecule has 146 valence electrons. The second-order valence-electron chi connectivity index (χ2n) is 7.36. The van der Waals surface area contributed by atoms with E-state index in [0.717, 1.165) is 37.6 Å². The average Bonchev–Trinajstić information content (AvgIpc) is 3.14. The quantitative estimate of drug-likeness (QED) is 0.450. The minimum atomic E-state index is 0.0467. The number of nitrogens with zero attached hydrogens (tertiary/aromatic N) is 3. The van der Waals surface area contributed by atoms with Crippen molar-refractivity contribution < 1.29 is 4.79 Å². The maximum Gasteiger partial charge on any atom is 0.233 e. The summed E-state index contributed by atoms with van der Waals surface area (Å²) >= 11 is 1.56. The van der Waals surface area contributed by atoms with Gasteiger partial charge >= 0.3 is 0 Å². The highest BCUT2D eigenvalue weighted by atomic mass is 32.1. The van der Waals surface area contributed by atoms with Crippen molar-refractivity contribution in [2.75, 3.05) is 4.90 Å². The topological polar surface area (TPSA) is 46.1 Å². The van der Waals surface area contributed by atoms with Crippen molar-refractivity contribution in [3.05, 3.63) is 88.7 Å². The summed E-state index contributed by atoms with van der Waals surface area (Å²) in [5, 5.41) is 0.737. The third-order valence-electron chi connectivity index (χ3n) is 5.07. The Kier molecular flexibility index (Phi) is 5.41. The van der Waals surface area contributed by atoms with Crippen molar-refractivity contribution >= 4 is 32.6 Å². The fourth-order valence-corrected chi connectivity index (χ4v) is 4.49. The van der Waals surface area contributed by atoms with Gasteiger partial charge in [0.1, 0.15) is 0 Å². The monoisotopic (exact) mass is 401 g/mol. The van der Waals surface area contributed by atoms with Gasteiger partial charge < -0.3 is 0 Å². The van der Waals surface area contributed by atoms with E-state index in [1.54, 1.807) is 28.6 Å². The lowest BCUT2D eigenvalue weighted by Gasteiger charge is -2.20. The molecular weight excluding hydrogens is 378 g/mol. The number of para-hydroxylation sites is 1. The second-order valence-corrected chi connectivity index (χ2v) is 8.37. The van der Waals surface area contributed by atoms with Crippen LogP contribution >= 0.6 is 11.3 Å². The standard InChI is InChI=1S/C24H23N3OS/c1-16-7-8-20(18(3)13-16)14-22(28)27(15-19-9-11-25-12-10-19)24-26-23-17(2)5-4-6-21(23)29-24/h4-13H,14-15H2,1-3H3. The molecule has 0 unspecified atom stereocenters. The van der Waals surface area contributed by atoms with E-state index in [4.69, 9.17) is 4.98 Å². The van der Waals surface area contributed by atoms with Gasteiger partial charge in [-0.1, -0.05) is 47.2 Å². The van der Waals surface area contributed by atoms with Gasteiger partial charge in [-0.05, 0) is 61.2 Å². The largest absolute Gasteiger partial charge is 0.283 e. The number of rotatable bonds is 5. The number of pyridine rings is 1. The number of amides is 1. The zero-order chi connectivity index (χ0) is 20.4. The van der Waals surface area contributed by atoms with Crippen LogP contribution in [0.3, 0.4) is 0 Å². The average molecular weight is 402 g/mol. The summed E-state index contributed by atoms with van der Waals surface area (Å²) in [5.74, 6) is 0.0467. The molecule has 0 aliphatic rings. The molecule has 0 aliphatic heterocycles. The van der Waals surface area contributed by atoms with Gasteiger partial charge in [-0.3, -0.25) is 14.7 Å². The Morgan fingerprint density at radius 2 is 1.79 bits per heavy atom. The molecule has 0 fully saturated rings. The van der Waals surface area contributed by atoms with Gasteiger partial charge in [-0.25, -0.2) is 4.98 Å². The molecule has 4 rings (SSSR count). The minimum Gasteiger partial charge on any atom is -0.283 e. The molecule has 0 aliphatic carbocycles. The Hall–Kier alpha value is -3.05. The van der Waals surface area contributed by atoms with Gasteiger partial charge in [-0.15, -0.1) is 0 Å². The lowest BCUT2D eigenvalue weighted by Crippen LogP contribution is -2.32. The predicted molar refractivity (Wildman–Crippen MR) is 119 cm³/mol. The van der Waals surface area contributed by atoms with E-state index in [1.165, 1.54) is 5.56 Å². The number of fused-ring (bicyclic) bond motifs is 1. The van der Waals surface area contributed by atoms with E-state index in [-0.39, 0.29) is 5.91 Å². The van der Waals surface area contributed by atoms with Crippen LogP contribution < -0.4 is 4.90 Å². The normalized spacial score (nSPS) is 11.0. The molecular formula is C24H23N3OS. The highest BCUT2D eigenvalue weighted by Crippen LogP contribution is 2.32. The highest BCUT2D eigenvalue weighted by Gasteiger charge is 2.21. The molecule has 29 heavy (non-hydrogen) atoms. The number of hydrogen-bond acceptors (Lipinski definition) is 4. The van der Waals surface area contributed by atoms with Crippen LogP contribution in [-0.2, 0) is 17.8 Å². The molecule has 2 heterocycles. The first-order chi connectivity index (χ1) is 14.0. The van der Waals surface area contributed by atoms with Crippen LogP contribution in [-0.4, -0.2) is 15.9 Å². The molecule has 0 radical (unpaired) electrons. The van der Waals surface area contributed by atoms with Crippen LogP contribution in [0.15, 0.2) is 60.9 Å². The third kappa shape index (κ3) is 4.20. The molecule has 1 amide bonds. The van der Waals surface area contributed by atoms with Gasteiger partial charge in [0.15, 0.2) is 5.13 Å². The first-order valence-corrected chi connectivity index (χ1v) is 10.4. The summed E-state index contributed by atoms with van der Waals surface area (Å²) in [6.07, 6.45) is 3.86. The van der Waals surface area contributed by atoms with Gasteiger partial charge in [0.2, 0.25) is 5.91 Å². The molecule has 0 spiro atoms. The Bertz CT molecular complexity index is 1170. The Balaban J connectivity index is 1.70. The van der Waals surface area contributed by atoms with Gasteiger partial charge in [0.25, 0.3) is 0 Å². The van der Waals surface area contributed by atoms with Crippen LogP contribution in [0, 0.1) is 20.8 Å². The molecule has 2 aromatic heterocycles. The summed E-state index contributed by atoms with van der Waals surface area (Å²) in [7, 11) is 0. The van der Waals surface area contributed by atoms with E-state index in [2.05, 4.69) is 56.1 Å². The van der Waals surface area contributed by atoms with Crippen LogP contribution in [0.4, 0.5) is 5.13 Å². The number of anilines is 1. The lowest BCUT2D eigenvalue weighted by atomic mass is 10.0. The lowest BCUT2D eigenvalue weighted by molar-refractivity contribution is -0.118. The van der Waals surface area contributed by atoms with Gasteiger partial charge in [0.05, 0.1) is 23.2 Å². The van der Waals surface area contributed by atoms with Gasteiger partial charge in [0, 0.05) is 12.4 Å². The summed E-state index contributed by atoms with van der Waals surface area (Å²) in [6, 6.07) is 16.3. The Labute approximate surface area is 174 Å². The zero-order valence-electron chi connectivity index (χ0n) is 16.8. The highest BCUT2D eigenvalue weighted by molar-refractivity contribution is 7.22. The molecule has 0 atom stereocenters. The van der Waals surface area contributed by atoms with Crippen LogP contribution in [0.1, 0.15) is 27.8 Å². The first-order valence-electron chi connectivity index (χ1n) is 9.63. The molecule has 2 aromatic carbocycles. The third-order valence-corrected chi connectivity index (χ3v) is 6.11. The van der Waals surface area contributed by atoms with Crippen molar-refractivity contribution in [1.29, 1.82) is 0 Å². The maximum absolute atomic E-state index is 13.4. The van der Waals surface area contributed by atoms with Crippen LogP contribution in [0.25, 0.3) is 10.2 Å². The Morgan fingerprint density at radius 1 is 1.00 bits per heavy atom. The molecule has 0 saturated heterocycles. The van der Waals surface area contributed by atoms with Crippen molar-refractivity contribution in [3.8, 4) is 0 Å². The van der Waals surface area contributed by atoms with E-state index in [9.17, 15) is 4.79 Å². The van der Waals surface area contributed by atoms with Crippen LogP contribution in [0.2, 0.25) is 0 Å². The molecule has 0 N–H and O–H groups in total. The van der Waals surface area contributed by atoms with E-state index < -0.39 is 0 Å². The molecule has 5 heteroatoms. The fourth-order valence-electron chi connectivity index (χ4n) is 3.43. The number of carbonyl (C=O) groups excluding carboxylic acids is 1. The fraction of sp³-hybridized carbons (Fsp3) is 0.208.